The lowest BCUT2D eigenvalue weighted by Crippen LogP contribution is -2.16. The first-order valence-electron chi connectivity index (χ1n) is 8.94. The van der Waals surface area contributed by atoms with Gasteiger partial charge in [-0.2, -0.15) is 0 Å². The number of nitrogens with one attached hydrogen (secondary N) is 2. The van der Waals surface area contributed by atoms with Crippen LogP contribution in [0.1, 0.15) is 40.6 Å². The fraction of sp³-hybridized carbons (Fsp3) is 0.471. The molecule has 29 heavy (non-hydrogen) atoms. The van der Waals surface area contributed by atoms with E-state index in [1.54, 1.807) is 6.92 Å². The summed E-state index contributed by atoms with van der Waals surface area (Å²) in [7, 11) is 1.34. The lowest BCUT2D eigenvalue weighted by Gasteiger charge is -2.11. The van der Waals surface area contributed by atoms with Crippen molar-refractivity contribution in [2.24, 2.45) is 0 Å². The molecular weight excluding hydrogens is 436 g/mol. The van der Waals surface area contributed by atoms with E-state index in [9.17, 15) is 14.4 Å². The van der Waals surface area contributed by atoms with Crippen LogP contribution in [0.15, 0.2) is 4.34 Å². The molecule has 0 unspecified atom stereocenters. The number of aryl methyl sites for hydroxylation is 1. The second-order valence-corrected chi connectivity index (χ2v) is 9.27. The second-order valence-electron chi connectivity index (χ2n) is 5.96. The average molecular weight is 457 g/mol. The van der Waals surface area contributed by atoms with Crippen LogP contribution in [0.5, 0.6) is 0 Å². The standard InChI is InChI=1S/C17H20N4O5S3/c1-3-26-16(24)19-15-20-21-17(29-15)27-8-11(22)18-13-12(14(23)25-2)9-6-4-5-7-10(9)28-13/h3-8H2,1-2H3,(H,18,22)(H,19,20,24). The van der Waals surface area contributed by atoms with Crippen molar-refractivity contribution in [3.63, 3.8) is 0 Å². The number of anilines is 2. The minimum atomic E-state index is -0.602. The largest absolute Gasteiger partial charge is 0.465 e. The number of hydrogen-bond acceptors (Lipinski definition) is 10. The van der Waals surface area contributed by atoms with E-state index in [0.29, 0.717) is 20.0 Å². The van der Waals surface area contributed by atoms with Gasteiger partial charge in [-0.1, -0.05) is 23.1 Å². The maximum absolute atomic E-state index is 12.4. The minimum Gasteiger partial charge on any atom is -0.465 e. The Morgan fingerprint density at radius 1 is 1.14 bits per heavy atom. The molecule has 0 aliphatic heterocycles. The molecule has 2 N–H and O–H groups in total. The first-order chi connectivity index (χ1) is 14.0. The van der Waals surface area contributed by atoms with Gasteiger partial charge >= 0.3 is 12.1 Å². The molecule has 2 heterocycles. The fourth-order valence-electron chi connectivity index (χ4n) is 2.84. The highest BCUT2D eigenvalue weighted by molar-refractivity contribution is 8.01. The number of esters is 1. The van der Waals surface area contributed by atoms with Crippen LogP contribution in [0.2, 0.25) is 0 Å². The molecule has 2 amide bonds. The Balaban J connectivity index is 1.60. The zero-order valence-corrected chi connectivity index (χ0v) is 18.4. The average Bonchev–Trinajstić information content (AvgIpc) is 3.29. The quantitative estimate of drug-likeness (QED) is 0.369. The normalized spacial score (nSPS) is 12.8. The van der Waals surface area contributed by atoms with E-state index in [-0.39, 0.29) is 18.3 Å². The molecule has 0 aromatic carbocycles. The van der Waals surface area contributed by atoms with E-state index < -0.39 is 12.1 Å². The third-order valence-corrected chi connectivity index (χ3v) is 7.21. The molecule has 2 aromatic rings. The van der Waals surface area contributed by atoms with Crippen LogP contribution >= 0.6 is 34.4 Å². The summed E-state index contributed by atoms with van der Waals surface area (Å²) in [6.45, 7) is 1.96. The Kier molecular flexibility index (Phi) is 7.45. The molecule has 156 valence electrons. The van der Waals surface area contributed by atoms with Gasteiger partial charge < -0.3 is 14.8 Å². The van der Waals surface area contributed by atoms with E-state index in [1.807, 2.05) is 0 Å². The highest BCUT2D eigenvalue weighted by Crippen LogP contribution is 2.38. The zero-order valence-electron chi connectivity index (χ0n) is 15.9. The number of nitrogens with zero attached hydrogens (tertiary/aromatic N) is 2. The van der Waals surface area contributed by atoms with Gasteiger partial charge in [-0.25, -0.2) is 9.59 Å². The van der Waals surface area contributed by atoms with Gasteiger partial charge in [-0.15, -0.1) is 21.5 Å². The van der Waals surface area contributed by atoms with E-state index >= 15 is 0 Å². The molecule has 0 saturated carbocycles. The third-order valence-electron chi connectivity index (χ3n) is 4.03. The summed E-state index contributed by atoms with van der Waals surface area (Å²) in [5.74, 6) is -0.586. The molecule has 0 bridgehead atoms. The lowest BCUT2D eigenvalue weighted by molar-refractivity contribution is -0.113. The number of rotatable bonds is 7. The smallest absolute Gasteiger partial charge is 0.413 e. The van der Waals surface area contributed by atoms with E-state index in [2.05, 4.69) is 20.8 Å². The fourth-order valence-corrected chi connectivity index (χ4v) is 5.67. The minimum absolute atomic E-state index is 0.0945. The molecule has 12 heteroatoms. The van der Waals surface area contributed by atoms with Gasteiger partial charge in [0.1, 0.15) is 5.00 Å². The van der Waals surface area contributed by atoms with Crippen molar-refractivity contribution in [1.29, 1.82) is 0 Å². The topological polar surface area (TPSA) is 120 Å². The molecule has 0 radical (unpaired) electrons. The van der Waals surface area contributed by atoms with Crippen LogP contribution < -0.4 is 10.6 Å². The van der Waals surface area contributed by atoms with Crippen LogP contribution in [0.3, 0.4) is 0 Å². The predicted octanol–water partition coefficient (Wildman–Crippen LogP) is 3.56. The predicted molar refractivity (Wildman–Crippen MR) is 112 cm³/mol. The summed E-state index contributed by atoms with van der Waals surface area (Å²) in [6.07, 6.45) is 3.24. The van der Waals surface area contributed by atoms with Crippen molar-refractivity contribution in [3.8, 4) is 0 Å². The van der Waals surface area contributed by atoms with Crippen molar-refractivity contribution in [1.82, 2.24) is 10.2 Å². The Labute approximate surface area is 179 Å². The summed E-state index contributed by atoms with van der Waals surface area (Å²) < 4.78 is 10.2. The monoisotopic (exact) mass is 456 g/mol. The molecule has 2 aromatic heterocycles. The van der Waals surface area contributed by atoms with Gasteiger partial charge in [0.25, 0.3) is 0 Å². The number of thiophene rings is 1. The first-order valence-corrected chi connectivity index (χ1v) is 11.6. The molecular formula is C17H20N4O5S3. The van der Waals surface area contributed by atoms with Crippen LogP contribution in [0.25, 0.3) is 0 Å². The number of aromatic nitrogens is 2. The lowest BCUT2D eigenvalue weighted by atomic mass is 9.95. The van der Waals surface area contributed by atoms with Gasteiger partial charge in [0, 0.05) is 4.88 Å². The maximum atomic E-state index is 12.4. The summed E-state index contributed by atoms with van der Waals surface area (Å²) in [5, 5.41) is 13.9. The number of fused-ring (bicyclic) bond motifs is 1. The van der Waals surface area contributed by atoms with Crippen LogP contribution in [0.4, 0.5) is 14.9 Å². The van der Waals surface area contributed by atoms with Crippen molar-refractivity contribution >= 4 is 62.5 Å². The van der Waals surface area contributed by atoms with Gasteiger partial charge in [-0.05, 0) is 38.2 Å². The molecule has 9 nitrogen and oxygen atoms in total. The summed E-state index contributed by atoms with van der Waals surface area (Å²) in [5.41, 5.74) is 1.47. The Bertz CT molecular complexity index is 911. The highest BCUT2D eigenvalue weighted by Gasteiger charge is 2.27. The number of ether oxygens (including phenoxy) is 2. The van der Waals surface area contributed by atoms with Crippen LogP contribution in [-0.4, -0.2) is 47.6 Å². The number of amides is 2. The number of carbonyl (C=O) groups is 3. The van der Waals surface area contributed by atoms with Crippen LogP contribution in [0, 0.1) is 0 Å². The number of methoxy groups -OCH3 is 1. The zero-order chi connectivity index (χ0) is 20.8. The van der Waals surface area contributed by atoms with E-state index in [0.717, 1.165) is 47.5 Å². The van der Waals surface area contributed by atoms with Crippen molar-refractivity contribution in [3.05, 3.63) is 16.0 Å². The molecule has 0 saturated heterocycles. The second kappa shape index (κ2) is 10.0. The highest BCUT2D eigenvalue weighted by atomic mass is 32.2. The van der Waals surface area contributed by atoms with Crippen LogP contribution in [-0.2, 0) is 27.1 Å². The SMILES string of the molecule is CCOC(=O)Nc1nnc(SCC(=O)Nc2sc3c(c2C(=O)OC)CCCC3)s1. The summed E-state index contributed by atoms with van der Waals surface area (Å²) >= 11 is 3.78. The number of thioether (sulfide) groups is 1. The van der Waals surface area contributed by atoms with Crippen molar-refractivity contribution < 1.29 is 23.9 Å². The van der Waals surface area contributed by atoms with Gasteiger partial charge in [0.05, 0.1) is 25.0 Å². The Morgan fingerprint density at radius 3 is 2.69 bits per heavy atom. The molecule has 0 atom stereocenters. The molecule has 1 aliphatic carbocycles. The Hall–Kier alpha value is -2.18. The van der Waals surface area contributed by atoms with Crippen molar-refractivity contribution in [2.45, 2.75) is 36.9 Å². The Morgan fingerprint density at radius 2 is 1.93 bits per heavy atom. The van der Waals surface area contributed by atoms with E-state index in [4.69, 9.17) is 9.47 Å². The van der Waals surface area contributed by atoms with Gasteiger partial charge in [-0.3, -0.25) is 10.1 Å². The molecule has 0 spiro atoms. The molecule has 3 rings (SSSR count). The molecule has 0 fully saturated rings. The number of hydrogen-bond donors (Lipinski definition) is 2. The van der Waals surface area contributed by atoms with Crippen molar-refractivity contribution in [2.75, 3.05) is 30.1 Å². The molecule has 1 aliphatic rings. The van der Waals surface area contributed by atoms with E-state index in [1.165, 1.54) is 30.2 Å². The third kappa shape index (κ3) is 5.46. The van der Waals surface area contributed by atoms with Gasteiger partial charge in [0.2, 0.25) is 11.0 Å². The van der Waals surface area contributed by atoms with Gasteiger partial charge in [0.15, 0.2) is 4.34 Å². The summed E-state index contributed by atoms with van der Waals surface area (Å²) in [4.78, 5) is 37.2. The first kappa shape index (κ1) is 21.5. The number of carbonyl (C=O) groups excluding carboxylic acids is 3. The summed E-state index contributed by atoms with van der Waals surface area (Å²) in [6, 6.07) is 0. The maximum Gasteiger partial charge on any atom is 0.413 e.